The Bertz CT molecular complexity index is 523. The Morgan fingerprint density at radius 2 is 2.22 bits per heavy atom. The molecule has 1 aromatic rings. The van der Waals surface area contributed by atoms with Gasteiger partial charge in [0.1, 0.15) is 0 Å². The molecule has 18 heavy (non-hydrogen) atoms. The van der Waals surface area contributed by atoms with Gasteiger partial charge in [0.2, 0.25) is 10.0 Å². The molecule has 0 saturated heterocycles. The van der Waals surface area contributed by atoms with Crippen LogP contribution in [-0.2, 0) is 19.6 Å². The summed E-state index contributed by atoms with van der Waals surface area (Å²) in [6.45, 7) is 1.68. The summed E-state index contributed by atoms with van der Waals surface area (Å²) in [4.78, 5) is 10.8. The average Bonchev–Trinajstić information content (AvgIpc) is 2.60. The number of nitrogens with one attached hydrogen (secondary N) is 2. The molecule has 9 heteroatoms. The number of aromatic amines is 1. The highest BCUT2D eigenvalue weighted by molar-refractivity contribution is 7.92. The maximum atomic E-state index is 11.7. The van der Waals surface area contributed by atoms with E-state index in [0.717, 1.165) is 0 Å². The van der Waals surface area contributed by atoms with Crippen LogP contribution in [-0.4, -0.2) is 37.4 Å². The summed E-state index contributed by atoms with van der Waals surface area (Å²) in [5, 5.41) is 6.29. The van der Waals surface area contributed by atoms with Crippen LogP contribution in [0, 0.1) is 6.92 Å². The first kappa shape index (κ1) is 14.3. The molecule has 0 aliphatic rings. The van der Waals surface area contributed by atoms with Gasteiger partial charge in [-0.2, -0.15) is 5.10 Å². The molecule has 0 saturated carbocycles. The number of nitrogens with zero attached hydrogens (tertiary/aromatic N) is 1. The molecule has 1 heterocycles. The molecule has 0 atom stereocenters. The van der Waals surface area contributed by atoms with Crippen molar-refractivity contribution in [2.75, 3.05) is 23.3 Å². The number of esters is 1. The van der Waals surface area contributed by atoms with Crippen molar-refractivity contribution < 1.29 is 17.9 Å². The second-order valence-corrected chi connectivity index (χ2v) is 5.55. The highest BCUT2D eigenvalue weighted by atomic mass is 32.2. The normalized spacial score (nSPS) is 11.2. The minimum Gasteiger partial charge on any atom is -0.469 e. The molecular formula is C9H16N4O4S. The Morgan fingerprint density at radius 1 is 1.56 bits per heavy atom. The summed E-state index contributed by atoms with van der Waals surface area (Å²) in [5.41, 5.74) is 6.45. The number of aromatic nitrogens is 2. The molecule has 0 amide bonds. The van der Waals surface area contributed by atoms with E-state index in [1.165, 1.54) is 7.11 Å². The zero-order valence-corrected chi connectivity index (χ0v) is 11.0. The van der Waals surface area contributed by atoms with Crippen LogP contribution < -0.4 is 10.5 Å². The number of sulfonamides is 1. The lowest BCUT2D eigenvalue weighted by Crippen LogP contribution is -2.18. The molecule has 0 radical (unpaired) electrons. The maximum Gasteiger partial charge on any atom is 0.305 e. The number of carbonyl (C=O) groups is 1. The lowest BCUT2D eigenvalue weighted by atomic mass is 10.3. The van der Waals surface area contributed by atoms with Crippen molar-refractivity contribution in [3.63, 3.8) is 0 Å². The Balaban J connectivity index is 2.55. The van der Waals surface area contributed by atoms with E-state index in [1.807, 2.05) is 0 Å². The van der Waals surface area contributed by atoms with Crippen LogP contribution in [0.1, 0.15) is 18.5 Å². The molecule has 102 valence electrons. The second-order valence-electron chi connectivity index (χ2n) is 3.71. The lowest BCUT2D eigenvalue weighted by Gasteiger charge is -2.05. The van der Waals surface area contributed by atoms with Gasteiger partial charge in [0.05, 0.1) is 24.2 Å². The van der Waals surface area contributed by atoms with Crippen LogP contribution >= 0.6 is 0 Å². The molecule has 0 bridgehead atoms. The number of anilines is 2. The van der Waals surface area contributed by atoms with Gasteiger partial charge in [-0.15, -0.1) is 0 Å². The van der Waals surface area contributed by atoms with E-state index in [-0.39, 0.29) is 30.1 Å². The summed E-state index contributed by atoms with van der Waals surface area (Å²) in [7, 11) is -2.32. The maximum absolute atomic E-state index is 11.7. The van der Waals surface area contributed by atoms with E-state index in [2.05, 4.69) is 19.7 Å². The van der Waals surface area contributed by atoms with E-state index < -0.39 is 16.0 Å². The third-order valence-corrected chi connectivity index (χ3v) is 3.60. The van der Waals surface area contributed by atoms with Gasteiger partial charge >= 0.3 is 5.97 Å². The van der Waals surface area contributed by atoms with E-state index in [0.29, 0.717) is 5.69 Å². The van der Waals surface area contributed by atoms with Crippen molar-refractivity contribution in [3.8, 4) is 0 Å². The number of hydrogen-bond donors (Lipinski definition) is 3. The molecular weight excluding hydrogens is 260 g/mol. The summed E-state index contributed by atoms with van der Waals surface area (Å²) in [6, 6.07) is 0. The largest absolute Gasteiger partial charge is 0.469 e. The van der Waals surface area contributed by atoms with E-state index in [9.17, 15) is 13.2 Å². The number of nitrogens with two attached hydrogens (primary N) is 1. The summed E-state index contributed by atoms with van der Waals surface area (Å²) < 4.78 is 30.0. The number of hydrogen-bond acceptors (Lipinski definition) is 6. The van der Waals surface area contributed by atoms with E-state index >= 15 is 0 Å². The van der Waals surface area contributed by atoms with Crippen LogP contribution in [0.25, 0.3) is 0 Å². The standard InChI is InChI=1S/C9H16N4O4S/c1-6-8(10)9(12-11-6)13-18(15,16)5-3-4-7(14)17-2/h3-5,10H2,1-2H3,(H2,11,12,13). The smallest absolute Gasteiger partial charge is 0.305 e. The molecule has 0 unspecified atom stereocenters. The Kier molecular flexibility index (Phi) is 4.54. The Hall–Kier alpha value is -1.77. The summed E-state index contributed by atoms with van der Waals surface area (Å²) in [6.07, 6.45) is 0.220. The average molecular weight is 276 g/mol. The zero-order valence-electron chi connectivity index (χ0n) is 10.2. The van der Waals surface area contributed by atoms with Gasteiger partial charge in [0.15, 0.2) is 5.82 Å². The van der Waals surface area contributed by atoms with E-state index in [1.54, 1.807) is 6.92 Å². The SMILES string of the molecule is COC(=O)CCCS(=O)(=O)Nc1n[nH]c(C)c1N. The van der Waals surface area contributed by atoms with Crippen LogP contribution in [0.2, 0.25) is 0 Å². The van der Waals surface area contributed by atoms with Crippen molar-refractivity contribution in [3.05, 3.63) is 5.69 Å². The fourth-order valence-electron chi connectivity index (χ4n) is 1.22. The first-order valence-corrected chi connectivity index (χ1v) is 6.88. The zero-order chi connectivity index (χ0) is 13.8. The third-order valence-electron chi connectivity index (χ3n) is 2.27. The van der Waals surface area contributed by atoms with Crippen molar-refractivity contribution in [2.24, 2.45) is 0 Å². The summed E-state index contributed by atoms with van der Waals surface area (Å²) >= 11 is 0. The molecule has 8 nitrogen and oxygen atoms in total. The highest BCUT2D eigenvalue weighted by Gasteiger charge is 2.16. The van der Waals surface area contributed by atoms with Gasteiger partial charge in [-0.3, -0.25) is 14.6 Å². The number of H-pyrrole nitrogens is 1. The fraction of sp³-hybridized carbons (Fsp3) is 0.556. The van der Waals surface area contributed by atoms with Gasteiger partial charge in [-0.05, 0) is 13.3 Å². The van der Waals surface area contributed by atoms with Gasteiger partial charge in [0, 0.05) is 6.42 Å². The van der Waals surface area contributed by atoms with E-state index in [4.69, 9.17) is 5.73 Å². The van der Waals surface area contributed by atoms with Crippen molar-refractivity contribution in [1.82, 2.24) is 10.2 Å². The summed E-state index contributed by atoms with van der Waals surface area (Å²) in [5.74, 6) is -0.570. The number of carbonyl (C=O) groups excluding carboxylic acids is 1. The lowest BCUT2D eigenvalue weighted by molar-refractivity contribution is -0.140. The Morgan fingerprint density at radius 3 is 2.72 bits per heavy atom. The predicted octanol–water partition coefficient (Wildman–Crippen LogP) is -0.00478. The van der Waals surface area contributed by atoms with Crippen molar-refractivity contribution in [1.29, 1.82) is 0 Å². The molecule has 0 spiro atoms. The number of aryl methyl sites for hydroxylation is 1. The Labute approximate surface area is 105 Å². The predicted molar refractivity (Wildman–Crippen MR) is 66.4 cm³/mol. The number of nitrogen functional groups attached to an aromatic ring is 1. The third kappa shape index (κ3) is 3.91. The second kappa shape index (κ2) is 5.71. The first-order chi connectivity index (χ1) is 8.35. The molecule has 0 fully saturated rings. The molecule has 4 N–H and O–H groups in total. The van der Waals surface area contributed by atoms with Gasteiger partial charge < -0.3 is 10.5 Å². The molecule has 1 aromatic heterocycles. The van der Waals surface area contributed by atoms with Gasteiger partial charge in [0.25, 0.3) is 0 Å². The molecule has 1 rings (SSSR count). The van der Waals surface area contributed by atoms with Crippen LogP contribution in [0.4, 0.5) is 11.5 Å². The van der Waals surface area contributed by atoms with Gasteiger partial charge in [-0.25, -0.2) is 8.42 Å². The fourth-order valence-corrected chi connectivity index (χ4v) is 2.30. The van der Waals surface area contributed by atoms with Crippen LogP contribution in [0.3, 0.4) is 0 Å². The minimum absolute atomic E-state index is 0.0481. The number of ether oxygens (including phenoxy) is 1. The topological polar surface area (TPSA) is 127 Å². The minimum atomic E-state index is -3.57. The molecule has 0 aliphatic heterocycles. The molecule has 0 aliphatic carbocycles. The monoisotopic (exact) mass is 276 g/mol. The number of rotatable bonds is 6. The van der Waals surface area contributed by atoms with Crippen LogP contribution in [0.15, 0.2) is 0 Å². The van der Waals surface area contributed by atoms with Crippen LogP contribution in [0.5, 0.6) is 0 Å². The van der Waals surface area contributed by atoms with Gasteiger partial charge in [-0.1, -0.05) is 0 Å². The van der Waals surface area contributed by atoms with Crippen molar-refractivity contribution in [2.45, 2.75) is 19.8 Å². The quantitative estimate of drug-likeness (QED) is 0.627. The number of methoxy groups -OCH3 is 1. The highest BCUT2D eigenvalue weighted by Crippen LogP contribution is 2.19. The molecule has 0 aromatic carbocycles. The first-order valence-electron chi connectivity index (χ1n) is 5.23. The van der Waals surface area contributed by atoms with Crippen molar-refractivity contribution >= 4 is 27.5 Å².